The normalized spacial score (nSPS) is 10.6. The number of hydrogen-bond donors (Lipinski definition) is 2. The first-order chi connectivity index (χ1) is 9.88. The van der Waals surface area contributed by atoms with E-state index in [4.69, 9.17) is 9.05 Å². The number of ether oxygens (including phenoxy) is 1. The number of nitrogens with zero attached hydrogens (tertiary/aromatic N) is 1. The third-order valence-corrected chi connectivity index (χ3v) is 4.06. The minimum absolute atomic E-state index is 0.0153. The summed E-state index contributed by atoms with van der Waals surface area (Å²) in [6, 6.07) is -0.690. The number of urea groups is 1. The molecule has 3 amide bonds. The first-order valence-corrected chi connectivity index (χ1v) is 8.04. The van der Waals surface area contributed by atoms with Crippen LogP contribution in [0.2, 0.25) is 0 Å². The Hall–Kier alpha value is -1.57. The van der Waals surface area contributed by atoms with Crippen LogP contribution < -0.4 is 10.9 Å². The van der Waals surface area contributed by atoms with E-state index in [1.54, 1.807) is 13.8 Å². The van der Waals surface area contributed by atoms with Crippen LogP contribution in [-0.2, 0) is 18.3 Å². The summed E-state index contributed by atoms with van der Waals surface area (Å²) in [5.41, 5.74) is 4.12. The summed E-state index contributed by atoms with van der Waals surface area (Å²) in [7, 11) is -2.00. The van der Waals surface area contributed by atoms with E-state index in [-0.39, 0.29) is 26.1 Å². The van der Waals surface area contributed by atoms with Gasteiger partial charge in [-0.3, -0.25) is 4.57 Å². The van der Waals surface area contributed by atoms with Gasteiger partial charge in [-0.25, -0.2) is 20.4 Å². The standard InChI is InChI=1S/C11H22N3O6P/c1-5-8-18-11(16)13-12-10(15)14(4)9-21(17,19-6-2)20-7-3/h5H,1,6-9H2,2-4H3,(H,12,15)(H,13,16). The number of carbonyl (C=O) groups is 2. The molecule has 0 fully saturated rings. The lowest BCUT2D eigenvalue weighted by molar-refractivity contribution is 0.150. The number of hydrogen-bond acceptors (Lipinski definition) is 6. The van der Waals surface area contributed by atoms with Crippen LogP contribution in [0.25, 0.3) is 0 Å². The largest absolute Gasteiger partial charge is 0.444 e. The Morgan fingerprint density at radius 1 is 1.24 bits per heavy atom. The minimum atomic E-state index is -3.39. The van der Waals surface area contributed by atoms with Gasteiger partial charge in [-0.2, -0.15) is 0 Å². The number of nitrogens with one attached hydrogen (secondary N) is 2. The summed E-state index contributed by atoms with van der Waals surface area (Å²) in [5.74, 6) is 0. The van der Waals surface area contributed by atoms with Crippen LogP contribution in [0.4, 0.5) is 9.59 Å². The highest BCUT2D eigenvalue weighted by atomic mass is 31.2. The lowest BCUT2D eigenvalue weighted by Gasteiger charge is -2.23. The molecule has 0 radical (unpaired) electrons. The second kappa shape index (κ2) is 10.2. The van der Waals surface area contributed by atoms with Gasteiger partial charge in [0.1, 0.15) is 12.9 Å². The molecule has 0 aliphatic heterocycles. The predicted octanol–water partition coefficient (Wildman–Crippen LogP) is 1.68. The molecule has 9 nitrogen and oxygen atoms in total. The summed E-state index contributed by atoms with van der Waals surface area (Å²) >= 11 is 0. The fourth-order valence-electron chi connectivity index (χ4n) is 1.21. The van der Waals surface area contributed by atoms with E-state index < -0.39 is 19.7 Å². The number of carbonyl (C=O) groups excluding carboxylic acids is 2. The molecule has 0 aromatic carbocycles. The molecule has 122 valence electrons. The van der Waals surface area contributed by atoms with Gasteiger partial charge in [-0.1, -0.05) is 12.7 Å². The van der Waals surface area contributed by atoms with Gasteiger partial charge >= 0.3 is 19.7 Å². The molecule has 0 rings (SSSR count). The van der Waals surface area contributed by atoms with Crippen molar-refractivity contribution in [3.05, 3.63) is 12.7 Å². The molecular weight excluding hydrogens is 301 g/mol. The zero-order valence-electron chi connectivity index (χ0n) is 12.5. The molecule has 10 heteroatoms. The predicted molar refractivity (Wildman–Crippen MR) is 76.7 cm³/mol. The molecule has 2 N–H and O–H groups in total. The van der Waals surface area contributed by atoms with Crippen LogP contribution in [0.5, 0.6) is 0 Å². The maximum atomic E-state index is 12.2. The van der Waals surface area contributed by atoms with Crippen LogP contribution in [0, 0.1) is 0 Å². The lowest BCUT2D eigenvalue weighted by atomic mass is 10.7. The molecule has 0 aliphatic rings. The molecule has 0 unspecified atom stereocenters. The molecule has 0 saturated carbocycles. The maximum Gasteiger partial charge on any atom is 0.426 e. The lowest BCUT2D eigenvalue weighted by Crippen LogP contribution is -2.48. The molecule has 21 heavy (non-hydrogen) atoms. The molecule has 0 aliphatic carbocycles. The molecule has 0 atom stereocenters. The SMILES string of the molecule is C=CCOC(=O)NNC(=O)N(C)CP(=O)(OCC)OCC. The summed E-state index contributed by atoms with van der Waals surface area (Å²) in [5, 5.41) is 0. The van der Waals surface area contributed by atoms with Gasteiger partial charge in [0.2, 0.25) is 0 Å². The first-order valence-electron chi connectivity index (χ1n) is 6.31. The van der Waals surface area contributed by atoms with E-state index in [1.807, 2.05) is 5.43 Å². The summed E-state index contributed by atoms with van der Waals surface area (Å²) in [4.78, 5) is 23.9. The van der Waals surface area contributed by atoms with Gasteiger partial charge in [0.05, 0.1) is 13.2 Å². The van der Waals surface area contributed by atoms with E-state index in [0.717, 1.165) is 4.90 Å². The Morgan fingerprint density at radius 2 is 1.81 bits per heavy atom. The van der Waals surface area contributed by atoms with E-state index in [2.05, 4.69) is 16.7 Å². The molecule has 0 spiro atoms. The average Bonchev–Trinajstić information content (AvgIpc) is 2.42. The molecule has 0 heterocycles. The zero-order chi connectivity index (χ0) is 16.3. The van der Waals surface area contributed by atoms with Gasteiger partial charge < -0.3 is 18.7 Å². The molecular formula is C11H22N3O6P. The van der Waals surface area contributed by atoms with Crippen molar-refractivity contribution < 1.29 is 27.9 Å². The molecule has 0 aromatic heterocycles. The number of rotatable bonds is 8. The highest BCUT2D eigenvalue weighted by Crippen LogP contribution is 2.48. The van der Waals surface area contributed by atoms with Crippen molar-refractivity contribution in [3.63, 3.8) is 0 Å². The van der Waals surface area contributed by atoms with Crippen molar-refractivity contribution >= 4 is 19.7 Å². The van der Waals surface area contributed by atoms with Crippen LogP contribution in [0.1, 0.15) is 13.8 Å². The third kappa shape index (κ3) is 8.34. The molecule has 0 bridgehead atoms. The Kier molecular flexibility index (Phi) is 9.44. The first kappa shape index (κ1) is 19.4. The van der Waals surface area contributed by atoms with E-state index in [0.29, 0.717) is 0 Å². The summed E-state index contributed by atoms with van der Waals surface area (Å²) in [6.45, 7) is 7.11. The Morgan fingerprint density at radius 3 is 2.29 bits per heavy atom. The van der Waals surface area contributed by atoms with Crippen LogP contribution >= 0.6 is 7.60 Å². The van der Waals surface area contributed by atoms with Crippen molar-refractivity contribution in [2.75, 3.05) is 33.2 Å². The average molecular weight is 323 g/mol. The highest BCUT2D eigenvalue weighted by Gasteiger charge is 2.28. The van der Waals surface area contributed by atoms with E-state index in [9.17, 15) is 14.2 Å². The Balaban J connectivity index is 4.33. The summed E-state index contributed by atoms with van der Waals surface area (Å²) < 4.78 is 26.9. The fourth-order valence-corrected chi connectivity index (χ4v) is 2.88. The third-order valence-electron chi connectivity index (χ3n) is 1.99. The van der Waals surface area contributed by atoms with Gasteiger partial charge in [0.25, 0.3) is 0 Å². The van der Waals surface area contributed by atoms with E-state index >= 15 is 0 Å². The van der Waals surface area contributed by atoms with Gasteiger partial charge in [-0.05, 0) is 13.8 Å². The van der Waals surface area contributed by atoms with Crippen LogP contribution in [-0.4, -0.2) is 50.2 Å². The second-order valence-corrected chi connectivity index (χ2v) is 5.75. The smallest absolute Gasteiger partial charge is 0.426 e. The minimum Gasteiger partial charge on any atom is -0.444 e. The van der Waals surface area contributed by atoms with Crippen LogP contribution in [0.15, 0.2) is 12.7 Å². The zero-order valence-corrected chi connectivity index (χ0v) is 13.4. The Labute approximate surface area is 124 Å². The van der Waals surface area contributed by atoms with Crippen molar-refractivity contribution in [2.45, 2.75) is 13.8 Å². The Bertz CT molecular complexity index is 393. The summed E-state index contributed by atoms with van der Waals surface area (Å²) in [6.07, 6.45) is 0.298. The van der Waals surface area contributed by atoms with Crippen LogP contribution in [0.3, 0.4) is 0 Å². The van der Waals surface area contributed by atoms with Gasteiger partial charge in [0.15, 0.2) is 0 Å². The topological polar surface area (TPSA) is 106 Å². The van der Waals surface area contributed by atoms with Gasteiger partial charge in [0, 0.05) is 7.05 Å². The van der Waals surface area contributed by atoms with Crippen molar-refractivity contribution in [2.24, 2.45) is 0 Å². The van der Waals surface area contributed by atoms with Gasteiger partial charge in [-0.15, -0.1) is 0 Å². The van der Waals surface area contributed by atoms with Crippen molar-refractivity contribution in [3.8, 4) is 0 Å². The fraction of sp³-hybridized carbons (Fsp3) is 0.636. The number of hydrazine groups is 1. The van der Waals surface area contributed by atoms with E-state index in [1.165, 1.54) is 13.1 Å². The molecule has 0 aromatic rings. The number of amides is 3. The van der Waals surface area contributed by atoms with Crippen molar-refractivity contribution in [1.82, 2.24) is 15.8 Å². The maximum absolute atomic E-state index is 12.2. The van der Waals surface area contributed by atoms with Crippen molar-refractivity contribution in [1.29, 1.82) is 0 Å². The highest BCUT2D eigenvalue weighted by molar-refractivity contribution is 7.53. The monoisotopic (exact) mass is 323 g/mol. The quantitative estimate of drug-likeness (QED) is 0.400. The second-order valence-electron chi connectivity index (χ2n) is 3.73. The molecule has 0 saturated heterocycles.